The maximum absolute atomic E-state index is 12.0. The Labute approximate surface area is 161 Å². The summed E-state index contributed by atoms with van der Waals surface area (Å²) in [6, 6.07) is 8.68. The number of hydrogen-bond donors (Lipinski definition) is 3. The van der Waals surface area contributed by atoms with E-state index in [1.807, 2.05) is 16.8 Å². The van der Waals surface area contributed by atoms with Crippen molar-refractivity contribution in [2.75, 3.05) is 23.3 Å². The molecule has 0 aliphatic carbocycles. The van der Waals surface area contributed by atoms with Crippen LogP contribution in [0.15, 0.2) is 41.1 Å². The number of nitrogens with zero attached hydrogens (tertiary/aromatic N) is 1. The van der Waals surface area contributed by atoms with Crippen molar-refractivity contribution >= 4 is 40.4 Å². The van der Waals surface area contributed by atoms with E-state index >= 15 is 0 Å². The number of aliphatic hydroxyl groups excluding tert-OH is 1. The minimum absolute atomic E-state index is 0.0559. The number of nitrogens with one attached hydrogen (secondary N) is 2. The Bertz CT molecular complexity index is 822. The molecule has 0 spiro atoms. The summed E-state index contributed by atoms with van der Waals surface area (Å²) in [7, 11) is 0. The van der Waals surface area contributed by atoms with Gasteiger partial charge in [0.05, 0.1) is 6.10 Å². The van der Waals surface area contributed by atoms with Gasteiger partial charge in [-0.25, -0.2) is 0 Å². The molecule has 142 valence electrons. The largest absolute Gasteiger partial charge is 0.388 e. The molecule has 27 heavy (non-hydrogen) atoms. The SMILES string of the molecule is O=C(NCCC(O)c1ccsc1)C(=O)Nc1cccc(N2CCCC2=O)c1. The van der Waals surface area contributed by atoms with Crippen LogP contribution >= 0.6 is 11.3 Å². The molecular formula is C19H21N3O4S. The monoisotopic (exact) mass is 387 g/mol. The Morgan fingerprint density at radius 1 is 1.26 bits per heavy atom. The number of amides is 3. The van der Waals surface area contributed by atoms with E-state index in [1.54, 1.807) is 29.2 Å². The third-order valence-electron chi connectivity index (χ3n) is 4.33. The van der Waals surface area contributed by atoms with Gasteiger partial charge in [-0.15, -0.1) is 0 Å². The lowest BCUT2D eigenvalue weighted by atomic mass is 10.1. The Hall–Kier alpha value is -2.71. The third kappa shape index (κ3) is 4.93. The third-order valence-corrected chi connectivity index (χ3v) is 5.03. The fraction of sp³-hybridized carbons (Fsp3) is 0.316. The summed E-state index contributed by atoms with van der Waals surface area (Å²) in [5.74, 6) is -1.50. The second-order valence-electron chi connectivity index (χ2n) is 6.27. The predicted octanol–water partition coefficient (Wildman–Crippen LogP) is 2.05. The van der Waals surface area contributed by atoms with Gasteiger partial charge in [0.1, 0.15) is 0 Å². The fourth-order valence-electron chi connectivity index (χ4n) is 2.89. The molecule has 1 aliphatic heterocycles. The molecular weight excluding hydrogens is 366 g/mol. The molecule has 3 amide bonds. The minimum atomic E-state index is -0.787. The van der Waals surface area contributed by atoms with Crippen LogP contribution in [0.1, 0.15) is 30.9 Å². The zero-order valence-electron chi connectivity index (χ0n) is 14.7. The highest BCUT2D eigenvalue weighted by Crippen LogP contribution is 2.24. The molecule has 2 heterocycles. The minimum Gasteiger partial charge on any atom is -0.388 e. The molecule has 1 atom stereocenters. The summed E-state index contributed by atoms with van der Waals surface area (Å²) in [6.07, 6.45) is 0.988. The summed E-state index contributed by atoms with van der Waals surface area (Å²) < 4.78 is 0. The molecule has 2 aromatic rings. The van der Waals surface area contributed by atoms with Crippen LogP contribution in [0.4, 0.5) is 11.4 Å². The van der Waals surface area contributed by atoms with E-state index in [1.165, 1.54) is 11.3 Å². The number of carbonyl (C=O) groups is 3. The van der Waals surface area contributed by atoms with Gasteiger partial charge in [0, 0.05) is 30.9 Å². The average molecular weight is 387 g/mol. The van der Waals surface area contributed by atoms with Gasteiger partial charge in [-0.2, -0.15) is 11.3 Å². The second kappa shape index (κ2) is 8.79. The summed E-state index contributed by atoms with van der Waals surface area (Å²) in [5.41, 5.74) is 1.95. The van der Waals surface area contributed by atoms with E-state index in [0.717, 1.165) is 12.0 Å². The molecule has 1 fully saturated rings. The van der Waals surface area contributed by atoms with Crippen molar-refractivity contribution < 1.29 is 19.5 Å². The molecule has 1 unspecified atom stereocenters. The number of carbonyl (C=O) groups excluding carboxylic acids is 3. The van der Waals surface area contributed by atoms with Crippen LogP contribution in [-0.4, -0.2) is 35.9 Å². The highest BCUT2D eigenvalue weighted by Gasteiger charge is 2.22. The highest BCUT2D eigenvalue weighted by atomic mass is 32.1. The molecule has 0 radical (unpaired) electrons. The molecule has 3 rings (SSSR count). The summed E-state index contributed by atoms with van der Waals surface area (Å²) in [5, 5.41) is 18.7. The topological polar surface area (TPSA) is 98.7 Å². The predicted molar refractivity (Wildman–Crippen MR) is 104 cm³/mol. The first-order chi connectivity index (χ1) is 13.0. The van der Waals surface area contributed by atoms with Crippen LogP contribution in [-0.2, 0) is 14.4 Å². The first-order valence-corrected chi connectivity index (χ1v) is 9.68. The summed E-state index contributed by atoms with van der Waals surface area (Å²) >= 11 is 1.49. The molecule has 0 saturated carbocycles. The zero-order valence-corrected chi connectivity index (χ0v) is 15.5. The van der Waals surface area contributed by atoms with Gasteiger partial charge >= 0.3 is 11.8 Å². The number of benzene rings is 1. The number of hydrogen-bond acceptors (Lipinski definition) is 5. The van der Waals surface area contributed by atoms with Gasteiger partial charge in [-0.05, 0) is 53.4 Å². The second-order valence-corrected chi connectivity index (χ2v) is 7.05. The maximum atomic E-state index is 12.0. The molecule has 1 aromatic heterocycles. The van der Waals surface area contributed by atoms with Crippen molar-refractivity contribution in [2.24, 2.45) is 0 Å². The molecule has 1 aromatic carbocycles. The Kier molecular flexibility index (Phi) is 6.20. The zero-order chi connectivity index (χ0) is 19.2. The number of aliphatic hydroxyl groups is 1. The summed E-state index contributed by atoms with van der Waals surface area (Å²) in [6.45, 7) is 0.842. The lowest BCUT2D eigenvalue weighted by Gasteiger charge is -2.16. The Balaban J connectivity index is 1.49. The number of thiophene rings is 1. The van der Waals surface area contributed by atoms with E-state index in [2.05, 4.69) is 10.6 Å². The van der Waals surface area contributed by atoms with Gasteiger partial charge in [0.2, 0.25) is 5.91 Å². The van der Waals surface area contributed by atoms with Crippen LogP contribution in [0.5, 0.6) is 0 Å². The van der Waals surface area contributed by atoms with Crippen LogP contribution < -0.4 is 15.5 Å². The van der Waals surface area contributed by atoms with Gasteiger partial charge in [0.15, 0.2) is 0 Å². The molecule has 3 N–H and O–H groups in total. The van der Waals surface area contributed by atoms with E-state index in [4.69, 9.17) is 0 Å². The molecule has 1 saturated heterocycles. The van der Waals surface area contributed by atoms with Crippen LogP contribution in [0.2, 0.25) is 0 Å². The van der Waals surface area contributed by atoms with Gasteiger partial charge in [0.25, 0.3) is 0 Å². The van der Waals surface area contributed by atoms with Crippen LogP contribution in [0.3, 0.4) is 0 Å². The Morgan fingerprint density at radius 2 is 2.11 bits per heavy atom. The quantitative estimate of drug-likeness (QED) is 0.661. The van der Waals surface area contributed by atoms with Crippen molar-refractivity contribution in [3.8, 4) is 0 Å². The van der Waals surface area contributed by atoms with Gasteiger partial charge in [-0.1, -0.05) is 6.07 Å². The van der Waals surface area contributed by atoms with Crippen molar-refractivity contribution in [3.63, 3.8) is 0 Å². The smallest absolute Gasteiger partial charge is 0.313 e. The number of anilines is 2. The lowest BCUT2D eigenvalue weighted by Crippen LogP contribution is -2.36. The molecule has 8 heteroatoms. The van der Waals surface area contributed by atoms with Crippen molar-refractivity contribution in [1.82, 2.24) is 5.32 Å². The van der Waals surface area contributed by atoms with Crippen molar-refractivity contribution in [1.29, 1.82) is 0 Å². The Morgan fingerprint density at radius 3 is 2.81 bits per heavy atom. The van der Waals surface area contributed by atoms with E-state index in [-0.39, 0.29) is 12.5 Å². The molecule has 0 bridgehead atoms. The normalized spacial score (nSPS) is 14.9. The highest BCUT2D eigenvalue weighted by molar-refractivity contribution is 7.07. The standard InChI is InChI=1S/C19H21N3O4S/c23-16(13-7-10-27-12-13)6-8-20-18(25)19(26)21-14-3-1-4-15(11-14)22-9-2-5-17(22)24/h1,3-4,7,10-12,16,23H,2,5-6,8-9H2,(H,20,25)(H,21,26). The summed E-state index contributed by atoms with van der Waals surface area (Å²) in [4.78, 5) is 37.5. The van der Waals surface area contributed by atoms with Crippen LogP contribution in [0.25, 0.3) is 0 Å². The number of rotatable bonds is 6. The first-order valence-electron chi connectivity index (χ1n) is 8.74. The van der Waals surface area contributed by atoms with Crippen LogP contribution in [0, 0.1) is 0 Å². The van der Waals surface area contributed by atoms with Crippen molar-refractivity contribution in [2.45, 2.75) is 25.4 Å². The van der Waals surface area contributed by atoms with E-state index in [0.29, 0.717) is 30.8 Å². The first kappa shape index (κ1) is 19.1. The van der Waals surface area contributed by atoms with Crippen molar-refractivity contribution in [3.05, 3.63) is 46.7 Å². The fourth-order valence-corrected chi connectivity index (χ4v) is 3.60. The van der Waals surface area contributed by atoms with E-state index < -0.39 is 17.9 Å². The lowest BCUT2D eigenvalue weighted by molar-refractivity contribution is -0.136. The molecule has 7 nitrogen and oxygen atoms in total. The maximum Gasteiger partial charge on any atom is 0.313 e. The average Bonchev–Trinajstić information content (AvgIpc) is 3.33. The van der Waals surface area contributed by atoms with E-state index in [9.17, 15) is 19.5 Å². The van der Waals surface area contributed by atoms with Gasteiger partial charge in [-0.3, -0.25) is 14.4 Å². The molecule has 1 aliphatic rings. The van der Waals surface area contributed by atoms with Gasteiger partial charge < -0.3 is 20.6 Å².